The monoisotopic (exact) mass is 635 g/mol. The van der Waals surface area contributed by atoms with Gasteiger partial charge in [-0.05, 0) is 53.5 Å². The van der Waals surface area contributed by atoms with Crippen molar-refractivity contribution in [1.82, 2.24) is 25.3 Å². The van der Waals surface area contributed by atoms with Crippen molar-refractivity contribution in [3.8, 4) is 0 Å². The molecule has 2 aliphatic rings. The van der Waals surface area contributed by atoms with Gasteiger partial charge in [0.25, 0.3) is 0 Å². The van der Waals surface area contributed by atoms with Gasteiger partial charge in [0.05, 0.1) is 0 Å². The highest BCUT2D eigenvalue weighted by atomic mass is 35.5. The molecule has 3 atom stereocenters. The fourth-order valence-electron chi connectivity index (χ4n) is 6.41. The van der Waals surface area contributed by atoms with Crippen LogP contribution in [0.3, 0.4) is 0 Å². The van der Waals surface area contributed by atoms with E-state index in [1.165, 1.54) is 5.56 Å². The van der Waals surface area contributed by atoms with Crippen molar-refractivity contribution in [2.45, 2.75) is 51.4 Å². The van der Waals surface area contributed by atoms with Crippen molar-refractivity contribution in [3.05, 3.63) is 105 Å². The van der Waals surface area contributed by atoms with Gasteiger partial charge in [0, 0.05) is 74.2 Å². The molecule has 234 valence electrons. The molecule has 7 nitrogen and oxygen atoms in total. The Morgan fingerprint density at radius 2 is 1.61 bits per heavy atom. The number of halogens is 2. The lowest BCUT2D eigenvalue weighted by Gasteiger charge is -2.42. The number of nitrogens with zero attached hydrogens (tertiary/aromatic N) is 3. The second kappa shape index (κ2) is 15.4. The van der Waals surface area contributed by atoms with Gasteiger partial charge in [-0.3, -0.25) is 14.5 Å². The highest BCUT2D eigenvalue weighted by Gasteiger charge is 2.33. The molecular formula is C35H43Cl2N5O2. The van der Waals surface area contributed by atoms with Crippen LogP contribution in [0, 0.1) is 0 Å². The van der Waals surface area contributed by atoms with Crippen LogP contribution in [-0.4, -0.2) is 78.4 Å². The van der Waals surface area contributed by atoms with Crippen LogP contribution in [0.4, 0.5) is 0 Å². The van der Waals surface area contributed by atoms with Gasteiger partial charge in [-0.1, -0.05) is 91.6 Å². The summed E-state index contributed by atoms with van der Waals surface area (Å²) in [5, 5.41) is 7.95. The predicted molar refractivity (Wildman–Crippen MR) is 178 cm³/mol. The zero-order chi connectivity index (χ0) is 31.1. The smallest absolute Gasteiger partial charge is 0.245 e. The Kier molecular flexibility index (Phi) is 11.3. The molecule has 2 aliphatic heterocycles. The fraction of sp³-hybridized carbons (Fsp3) is 0.429. The molecule has 0 saturated carbocycles. The molecule has 44 heavy (non-hydrogen) atoms. The van der Waals surface area contributed by atoms with E-state index in [0.29, 0.717) is 24.5 Å². The first kappa shape index (κ1) is 32.5. The molecule has 3 aromatic carbocycles. The van der Waals surface area contributed by atoms with Crippen LogP contribution in [-0.2, 0) is 22.6 Å². The standard InChI is InChI=1S/C35H43Cl2N5O2/c1-3-40(4-2)24-33(29-11-7-8-12-30(29)37)41-17-19-42(20-18-41)35(44)32(21-25-13-15-27(36)16-14-25)39-34(43)22-31-28-10-6-5-9-26(28)23-38-31/h5-16,31-33,38H,3-4,17-24H2,1-2H3,(H,39,43)/t31?,32-,33?/m1/s1. The van der Waals surface area contributed by atoms with E-state index in [4.69, 9.17) is 23.2 Å². The SMILES string of the molecule is CCN(CC)CC(c1ccccc1Cl)N1CCN(C(=O)[C@@H](Cc2ccc(Cl)cc2)NC(=O)CC2NCc3ccccc32)CC1. The Labute approximate surface area is 271 Å². The molecule has 2 unspecified atom stereocenters. The number of hydrogen-bond donors (Lipinski definition) is 2. The normalized spacial score (nSPS) is 18.2. The van der Waals surface area contributed by atoms with E-state index in [-0.39, 0.29) is 30.3 Å². The Balaban J connectivity index is 1.27. The van der Waals surface area contributed by atoms with Crippen LogP contribution in [0.5, 0.6) is 0 Å². The van der Waals surface area contributed by atoms with E-state index in [9.17, 15) is 9.59 Å². The van der Waals surface area contributed by atoms with Crippen LogP contribution >= 0.6 is 23.2 Å². The quantitative estimate of drug-likeness (QED) is 0.276. The summed E-state index contributed by atoms with van der Waals surface area (Å²) < 4.78 is 0. The Morgan fingerprint density at radius 3 is 2.32 bits per heavy atom. The third kappa shape index (κ3) is 8.01. The lowest BCUT2D eigenvalue weighted by atomic mass is 10.0. The molecule has 1 fully saturated rings. The summed E-state index contributed by atoms with van der Waals surface area (Å²) in [7, 11) is 0. The summed E-state index contributed by atoms with van der Waals surface area (Å²) in [4.78, 5) is 34.2. The minimum atomic E-state index is -0.665. The van der Waals surface area contributed by atoms with Crippen molar-refractivity contribution < 1.29 is 9.59 Å². The highest BCUT2D eigenvalue weighted by Crippen LogP contribution is 2.30. The first-order valence-electron chi connectivity index (χ1n) is 15.7. The maximum Gasteiger partial charge on any atom is 0.245 e. The molecule has 9 heteroatoms. The van der Waals surface area contributed by atoms with Crippen molar-refractivity contribution >= 4 is 35.0 Å². The number of carbonyl (C=O) groups is 2. The largest absolute Gasteiger partial charge is 0.344 e. The maximum atomic E-state index is 14.0. The lowest BCUT2D eigenvalue weighted by Crippen LogP contribution is -2.56. The highest BCUT2D eigenvalue weighted by molar-refractivity contribution is 6.31. The first-order valence-corrected chi connectivity index (χ1v) is 16.5. The van der Waals surface area contributed by atoms with Gasteiger partial charge < -0.3 is 20.4 Å². The molecule has 1 saturated heterocycles. The topological polar surface area (TPSA) is 67.9 Å². The zero-order valence-corrected chi connectivity index (χ0v) is 27.2. The van der Waals surface area contributed by atoms with Crippen molar-refractivity contribution in [2.75, 3.05) is 45.8 Å². The van der Waals surface area contributed by atoms with Crippen molar-refractivity contribution in [1.29, 1.82) is 0 Å². The summed E-state index contributed by atoms with van der Waals surface area (Å²) in [6, 6.07) is 23.1. The molecular weight excluding hydrogens is 593 g/mol. The van der Waals surface area contributed by atoms with E-state index < -0.39 is 6.04 Å². The number of rotatable bonds is 12. The number of carbonyl (C=O) groups excluding carboxylic acids is 2. The van der Waals surface area contributed by atoms with E-state index in [1.807, 2.05) is 59.5 Å². The lowest BCUT2D eigenvalue weighted by molar-refractivity contribution is -0.138. The average Bonchev–Trinajstić information content (AvgIpc) is 3.45. The van der Waals surface area contributed by atoms with Gasteiger partial charge in [0.15, 0.2) is 0 Å². The van der Waals surface area contributed by atoms with E-state index in [0.717, 1.165) is 61.0 Å². The molecule has 5 rings (SSSR count). The third-order valence-electron chi connectivity index (χ3n) is 9.00. The molecule has 0 spiro atoms. The number of benzene rings is 3. The minimum absolute atomic E-state index is 0.0502. The van der Waals surface area contributed by atoms with E-state index in [1.54, 1.807) is 0 Å². The summed E-state index contributed by atoms with van der Waals surface area (Å²) >= 11 is 12.8. The minimum Gasteiger partial charge on any atom is -0.344 e. The molecule has 0 radical (unpaired) electrons. The summed E-state index contributed by atoms with van der Waals surface area (Å²) in [5.41, 5.74) is 4.44. The number of amides is 2. The Bertz CT molecular complexity index is 1410. The molecule has 0 aliphatic carbocycles. The number of piperazine rings is 1. The molecule has 2 N–H and O–H groups in total. The van der Waals surface area contributed by atoms with Crippen LogP contribution in [0.2, 0.25) is 10.0 Å². The number of nitrogens with one attached hydrogen (secondary N) is 2. The number of fused-ring (bicyclic) bond motifs is 1. The summed E-state index contributed by atoms with van der Waals surface area (Å²) in [5.74, 6) is -0.186. The summed E-state index contributed by atoms with van der Waals surface area (Å²) in [6.07, 6.45) is 0.681. The average molecular weight is 637 g/mol. The van der Waals surface area contributed by atoms with Gasteiger partial charge in [0.1, 0.15) is 6.04 Å². The van der Waals surface area contributed by atoms with E-state index >= 15 is 0 Å². The van der Waals surface area contributed by atoms with Crippen LogP contribution in [0.15, 0.2) is 72.8 Å². The van der Waals surface area contributed by atoms with Gasteiger partial charge >= 0.3 is 0 Å². The summed E-state index contributed by atoms with van der Waals surface area (Å²) in [6.45, 7) is 10.5. The van der Waals surface area contributed by atoms with Gasteiger partial charge in [-0.15, -0.1) is 0 Å². The molecule has 2 amide bonds. The zero-order valence-electron chi connectivity index (χ0n) is 25.6. The Morgan fingerprint density at radius 1 is 0.932 bits per heavy atom. The van der Waals surface area contributed by atoms with Gasteiger partial charge in [0.2, 0.25) is 11.8 Å². The number of hydrogen-bond acceptors (Lipinski definition) is 5. The fourth-order valence-corrected chi connectivity index (χ4v) is 6.80. The van der Waals surface area contributed by atoms with Gasteiger partial charge in [-0.2, -0.15) is 0 Å². The van der Waals surface area contributed by atoms with E-state index in [2.05, 4.69) is 52.5 Å². The third-order valence-corrected chi connectivity index (χ3v) is 9.60. The van der Waals surface area contributed by atoms with Crippen molar-refractivity contribution in [2.24, 2.45) is 0 Å². The van der Waals surface area contributed by atoms with Crippen LogP contribution in [0.1, 0.15) is 54.6 Å². The maximum absolute atomic E-state index is 14.0. The number of likely N-dealkylation sites (N-methyl/N-ethyl adjacent to an activating group) is 1. The van der Waals surface area contributed by atoms with Gasteiger partial charge in [-0.25, -0.2) is 0 Å². The van der Waals surface area contributed by atoms with Crippen molar-refractivity contribution in [3.63, 3.8) is 0 Å². The molecule has 0 bridgehead atoms. The molecule has 2 heterocycles. The Hall–Kier alpha value is -2.94. The van der Waals surface area contributed by atoms with Crippen LogP contribution < -0.4 is 10.6 Å². The first-order chi connectivity index (χ1) is 21.4. The second-order valence-corrected chi connectivity index (χ2v) is 12.5. The van der Waals surface area contributed by atoms with Crippen LogP contribution in [0.25, 0.3) is 0 Å². The predicted octanol–water partition coefficient (Wildman–Crippen LogP) is 5.48. The molecule has 0 aromatic heterocycles. The second-order valence-electron chi connectivity index (χ2n) is 11.7. The molecule has 3 aromatic rings.